The molecular weight excluding hydrogens is 523 g/mol. The zero-order chi connectivity index (χ0) is 24.4. The van der Waals surface area contributed by atoms with Gasteiger partial charge in [-0.15, -0.1) is 34.4 Å². The molecule has 4 heterocycles. The Bertz CT molecular complexity index is 1240. The number of rotatable bonds is 8. The number of fused-ring (bicyclic) bond motifs is 1. The molecule has 0 aromatic carbocycles. The van der Waals surface area contributed by atoms with Crippen LogP contribution in [0.4, 0.5) is 5.13 Å². The quantitative estimate of drug-likeness (QED) is 0.157. The molecule has 0 saturated carbocycles. The first kappa shape index (κ1) is 27.4. The summed E-state index contributed by atoms with van der Waals surface area (Å²) in [5, 5.41) is 19.6. The summed E-state index contributed by atoms with van der Waals surface area (Å²) in [5.41, 5.74) is 8.52. The molecule has 2 atom stereocenters. The second kappa shape index (κ2) is 11.7. The predicted octanol–water partition coefficient (Wildman–Crippen LogP) is -2.65. The van der Waals surface area contributed by atoms with E-state index in [0.29, 0.717) is 11.3 Å². The molecule has 4 rings (SSSR count). The number of nitrogens with zero attached hydrogens (tertiary/aromatic N) is 4. The van der Waals surface area contributed by atoms with Gasteiger partial charge in [-0.3, -0.25) is 14.5 Å². The number of aromatic nitrogens is 2. The number of carboxylic acids is 1. The molecule has 0 aliphatic carbocycles. The summed E-state index contributed by atoms with van der Waals surface area (Å²) in [4.78, 5) is 53.0. The second-order valence-electron chi connectivity index (χ2n) is 7.09. The summed E-state index contributed by atoms with van der Waals surface area (Å²) >= 11 is 3.90. The zero-order valence-electron chi connectivity index (χ0n) is 19.0. The van der Waals surface area contributed by atoms with Gasteiger partial charge in [0.05, 0.1) is 22.9 Å². The number of allylic oxidation sites excluding steroid dienone is 1. The van der Waals surface area contributed by atoms with Crippen molar-refractivity contribution in [1.82, 2.24) is 20.2 Å². The minimum absolute atomic E-state index is 0. The van der Waals surface area contributed by atoms with Gasteiger partial charge in [-0.2, -0.15) is 0 Å². The number of hydrogen-bond acceptors (Lipinski definition) is 12. The number of thioether (sulfide) groups is 1. The van der Waals surface area contributed by atoms with Gasteiger partial charge in [0.25, 0.3) is 11.8 Å². The summed E-state index contributed by atoms with van der Waals surface area (Å²) in [6.07, 6.45) is 3.43. The van der Waals surface area contributed by atoms with Crippen LogP contribution in [0.1, 0.15) is 23.2 Å². The number of carbonyl (C=O) groups is 3. The Morgan fingerprint density at radius 1 is 1.40 bits per heavy atom. The van der Waals surface area contributed by atoms with E-state index in [1.165, 1.54) is 23.1 Å². The molecule has 1 saturated heterocycles. The number of aryl methyl sites for hydroxylation is 1. The first-order valence-corrected chi connectivity index (χ1v) is 12.8. The van der Waals surface area contributed by atoms with Crippen LogP contribution in [0.5, 0.6) is 0 Å². The van der Waals surface area contributed by atoms with Crippen molar-refractivity contribution in [3.05, 3.63) is 44.5 Å². The monoisotopic (exact) mass is 542 g/mol. The Hall–Kier alpha value is -2.23. The third-order valence-corrected chi connectivity index (χ3v) is 7.83. The molecule has 2 aliphatic heterocycles. The van der Waals surface area contributed by atoms with E-state index >= 15 is 0 Å². The van der Waals surface area contributed by atoms with Crippen molar-refractivity contribution in [3.63, 3.8) is 0 Å². The minimum Gasteiger partial charge on any atom is -0.543 e. The van der Waals surface area contributed by atoms with Crippen LogP contribution in [0.3, 0.4) is 0 Å². The molecule has 15 heteroatoms. The molecule has 3 N–H and O–H groups in total. The number of nitrogens with one attached hydrogen (secondary N) is 1. The second-order valence-corrected chi connectivity index (χ2v) is 9.97. The Morgan fingerprint density at radius 2 is 2.17 bits per heavy atom. The molecule has 0 bridgehead atoms. The molecule has 0 radical (unpaired) electrons. The number of hydrogen-bond donors (Lipinski definition) is 2. The summed E-state index contributed by atoms with van der Waals surface area (Å²) < 4.78 is 0. The van der Waals surface area contributed by atoms with Crippen LogP contribution in [0.2, 0.25) is 0 Å². The van der Waals surface area contributed by atoms with E-state index in [0.717, 1.165) is 26.8 Å². The van der Waals surface area contributed by atoms with E-state index in [-0.39, 0.29) is 58.4 Å². The van der Waals surface area contributed by atoms with Gasteiger partial charge in [-0.1, -0.05) is 11.2 Å². The first-order chi connectivity index (χ1) is 16.3. The van der Waals surface area contributed by atoms with Crippen molar-refractivity contribution in [3.8, 4) is 0 Å². The van der Waals surface area contributed by atoms with Crippen molar-refractivity contribution in [2.24, 2.45) is 5.16 Å². The maximum absolute atomic E-state index is 12.9. The molecule has 35 heavy (non-hydrogen) atoms. The van der Waals surface area contributed by atoms with Crippen LogP contribution < -0.4 is 45.7 Å². The number of aliphatic carboxylic acids is 1. The van der Waals surface area contributed by atoms with Crippen LogP contribution >= 0.6 is 34.4 Å². The van der Waals surface area contributed by atoms with Crippen LogP contribution in [-0.2, 0) is 19.2 Å². The zero-order valence-corrected chi connectivity index (χ0v) is 23.5. The molecule has 2 unspecified atom stereocenters. The number of anilines is 1. The average molecular weight is 543 g/mol. The molecule has 2 aromatic rings. The number of carbonyl (C=O) groups excluding carboxylic acids is 3. The predicted molar refractivity (Wildman–Crippen MR) is 128 cm³/mol. The number of nitrogens with two attached hydrogens (primary N) is 1. The van der Waals surface area contributed by atoms with Crippen LogP contribution in [-0.4, -0.2) is 62.1 Å². The van der Waals surface area contributed by atoms with Gasteiger partial charge in [0.1, 0.15) is 23.7 Å². The van der Waals surface area contributed by atoms with Crippen molar-refractivity contribution in [1.29, 1.82) is 0 Å². The standard InChI is InChI=1S/C20H20N6O5S3.Na/c1-3-31-25-13(11-7-33-20(21)23-11)16(27)24-14-17(28)26-15(19(29)30)10(6-32-18(14)26)4-5-12-9(2)22-8-34-12;/h4-5,7-8,14,18H,3,6H2,1-2H3,(H2,21,23)(H,24,27)(H,29,30);/q;+1/p-1/b5-4+,25-13+;. The summed E-state index contributed by atoms with van der Waals surface area (Å²) in [6.45, 7) is 3.78. The number of thiazole rings is 2. The van der Waals surface area contributed by atoms with E-state index in [1.807, 2.05) is 6.92 Å². The van der Waals surface area contributed by atoms with Gasteiger partial charge < -0.3 is 25.8 Å². The topological polar surface area (TPSA) is 163 Å². The van der Waals surface area contributed by atoms with Gasteiger partial charge in [-0.25, -0.2) is 9.97 Å². The van der Waals surface area contributed by atoms with Crippen molar-refractivity contribution in [2.75, 3.05) is 18.1 Å². The van der Waals surface area contributed by atoms with E-state index in [4.69, 9.17) is 10.6 Å². The van der Waals surface area contributed by atoms with Crippen LogP contribution in [0, 0.1) is 6.92 Å². The Kier molecular flexibility index (Phi) is 9.12. The molecule has 1 fully saturated rings. The molecule has 2 aromatic heterocycles. The van der Waals surface area contributed by atoms with Gasteiger partial charge in [0.2, 0.25) is 0 Å². The van der Waals surface area contributed by atoms with E-state index in [9.17, 15) is 19.5 Å². The average Bonchev–Trinajstić information content (AvgIpc) is 3.43. The molecular formula is C20H19N6NaO5S3. The van der Waals surface area contributed by atoms with Crippen molar-refractivity contribution < 1.29 is 53.9 Å². The first-order valence-electron chi connectivity index (χ1n) is 10.0. The summed E-state index contributed by atoms with van der Waals surface area (Å²) in [6, 6.07) is -0.941. The fraction of sp³-hybridized carbons (Fsp3) is 0.300. The normalized spacial score (nSPS) is 19.8. The smallest absolute Gasteiger partial charge is 0.543 e. The maximum Gasteiger partial charge on any atom is 1.00 e. The van der Waals surface area contributed by atoms with Gasteiger partial charge >= 0.3 is 29.6 Å². The minimum atomic E-state index is -1.46. The maximum atomic E-state index is 12.9. The fourth-order valence-electron chi connectivity index (χ4n) is 3.35. The third kappa shape index (κ3) is 5.62. The van der Waals surface area contributed by atoms with E-state index < -0.39 is 29.2 Å². The Labute approximate surface area is 234 Å². The fourth-order valence-corrected chi connectivity index (χ4v) is 5.91. The molecule has 178 valence electrons. The SMILES string of the molecule is CCO/N=C(/C(=O)NC1C(=O)N2C(C(=O)[O-])=C(/C=C/c3scnc3C)CSC12)c1csc(N)n1.[Na+]. The molecule has 2 aliphatic rings. The van der Waals surface area contributed by atoms with E-state index in [2.05, 4.69) is 20.4 Å². The number of amides is 2. The summed E-state index contributed by atoms with van der Waals surface area (Å²) in [5.74, 6) is -2.37. The summed E-state index contributed by atoms with van der Waals surface area (Å²) in [7, 11) is 0. The van der Waals surface area contributed by atoms with Crippen molar-refractivity contribution in [2.45, 2.75) is 25.3 Å². The van der Waals surface area contributed by atoms with E-state index in [1.54, 1.807) is 30.0 Å². The largest absolute Gasteiger partial charge is 1.00 e. The van der Waals surface area contributed by atoms with Crippen LogP contribution in [0.25, 0.3) is 6.08 Å². The molecule has 11 nitrogen and oxygen atoms in total. The Morgan fingerprint density at radius 3 is 2.77 bits per heavy atom. The molecule has 2 amide bonds. The van der Waals surface area contributed by atoms with Crippen molar-refractivity contribution >= 4 is 69.1 Å². The number of β-lactam (4-membered cyclic amide) rings is 1. The number of oxime groups is 1. The van der Waals surface area contributed by atoms with Gasteiger partial charge in [-0.05, 0) is 25.5 Å². The molecule has 0 spiro atoms. The van der Waals surface area contributed by atoms with Gasteiger partial charge in [0, 0.05) is 16.0 Å². The number of nitrogen functional groups attached to an aromatic ring is 1. The van der Waals surface area contributed by atoms with Crippen LogP contribution in [0.15, 0.2) is 33.4 Å². The third-order valence-electron chi connectivity index (χ3n) is 4.96. The van der Waals surface area contributed by atoms with Gasteiger partial charge in [0.15, 0.2) is 10.8 Å². The number of carboxylic acid groups (broad SMARTS) is 1. The Balaban J connectivity index is 0.00000342.